The van der Waals surface area contributed by atoms with Gasteiger partial charge in [0, 0.05) is 23.7 Å². The van der Waals surface area contributed by atoms with Crippen LogP contribution in [-0.4, -0.2) is 19.3 Å². The molecule has 0 spiro atoms. The Morgan fingerprint density at radius 2 is 2.06 bits per heavy atom. The Labute approximate surface area is 105 Å². The van der Waals surface area contributed by atoms with Gasteiger partial charge in [-0.25, -0.2) is 0 Å². The zero-order valence-electron chi connectivity index (χ0n) is 9.58. The number of halogens is 1. The summed E-state index contributed by atoms with van der Waals surface area (Å²) in [6.45, 7) is 3.51. The Bertz CT molecular complexity index is 290. The third-order valence-electron chi connectivity index (χ3n) is 2.45. The van der Waals surface area contributed by atoms with Gasteiger partial charge in [-0.15, -0.1) is 0 Å². The quantitative estimate of drug-likeness (QED) is 0.459. The highest BCUT2D eigenvalue weighted by Gasteiger charge is 2.07. The summed E-state index contributed by atoms with van der Waals surface area (Å²) in [5, 5.41) is 0. The minimum atomic E-state index is 0.271. The third-order valence-corrected chi connectivity index (χ3v) is 2.97. The summed E-state index contributed by atoms with van der Waals surface area (Å²) < 4.78 is 6.42. The van der Waals surface area contributed by atoms with Gasteiger partial charge >= 0.3 is 0 Å². The van der Waals surface area contributed by atoms with E-state index >= 15 is 0 Å². The second kappa shape index (κ2) is 7.79. The van der Waals surface area contributed by atoms with Crippen LogP contribution in [0.4, 0.5) is 0 Å². The van der Waals surface area contributed by atoms with Crippen molar-refractivity contribution in [3.63, 3.8) is 0 Å². The molecule has 1 aromatic carbocycles. The molecule has 0 aliphatic rings. The van der Waals surface area contributed by atoms with Gasteiger partial charge in [0.05, 0.1) is 0 Å². The number of nitrogens with two attached hydrogens (primary N) is 1. The SMILES string of the molecule is CCOCCC(Cc1ccc(Br)cc1)NN. The number of rotatable bonds is 7. The molecule has 0 saturated heterocycles. The zero-order valence-corrected chi connectivity index (χ0v) is 11.2. The molecule has 0 radical (unpaired) electrons. The first-order chi connectivity index (χ1) is 7.76. The van der Waals surface area contributed by atoms with E-state index in [-0.39, 0.29) is 6.04 Å². The van der Waals surface area contributed by atoms with E-state index in [0.29, 0.717) is 0 Å². The van der Waals surface area contributed by atoms with Crippen LogP contribution >= 0.6 is 15.9 Å². The Kier molecular flexibility index (Phi) is 6.64. The summed E-state index contributed by atoms with van der Waals surface area (Å²) in [6, 6.07) is 8.58. The van der Waals surface area contributed by atoms with E-state index in [1.54, 1.807) is 0 Å². The largest absolute Gasteiger partial charge is 0.382 e. The van der Waals surface area contributed by atoms with E-state index in [1.807, 2.05) is 19.1 Å². The molecule has 1 atom stereocenters. The molecule has 0 bridgehead atoms. The van der Waals surface area contributed by atoms with Crippen molar-refractivity contribution in [1.29, 1.82) is 0 Å². The van der Waals surface area contributed by atoms with Gasteiger partial charge in [0.25, 0.3) is 0 Å². The van der Waals surface area contributed by atoms with E-state index in [4.69, 9.17) is 10.6 Å². The molecule has 1 unspecified atom stereocenters. The molecule has 0 amide bonds. The number of nitrogens with one attached hydrogen (secondary N) is 1. The van der Waals surface area contributed by atoms with Crippen LogP contribution in [-0.2, 0) is 11.2 Å². The van der Waals surface area contributed by atoms with Crippen molar-refractivity contribution in [3.8, 4) is 0 Å². The Morgan fingerprint density at radius 1 is 1.38 bits per heavy atom. The standard InChI is InChI=1S/C12H19BrN2O/c1-2-16-8-7-12(15-14)9-10-3-5-11(13)6-4-10/h3-6,12,15H,2,7-9,14H2,1H3. The molecule has 1 aromatic rings. The summed E-state index contributed by atoms with van der Waals surface area (Å²) in [7, 11) is 0. The van der Waals surface area contributed by atoms with Gasteiger partial charge in [0.1, 0.15) is 0 Å². The molecule has 0 aliphatic heterocycles. The van der Waals surface area contributed by atoms with Gasteiger partial charge in [0.2, 0.25) is 0 Å². The van der Waals surface area contributed by atoms with Gasteiger partial charge in [-0.3, -0.25) is 11.3 Å². The van der Waals surface area contributed by atoms with Gasteiger partial charge < -0.3 is 4.74 Å². The second-order valence-electron chi connectivity index (χ2n) is 3.68. The molecule has 0 saturated carbocycles. The highest BCUT2D eigenvalue weighted by molar-refractivity contribution is 9.10. The number of hydrogen-bond donors (Lipinski definition) is 2. The lowest BCUT2D eigenvalue weighted by Crippen LogP contribution is -2.37. The van der Waals surface area contributed by atoms with Gasteiger partial charge in [-0.05, 0) is 37.5 Å². The molecule has 0 heterocycles. The predicted octanol–water partition coefficient (Wildman–Crippen LogP) is 2.25. The molecule has 0 fully saturated rings. The van der Waals surface area contributed by atoms with Crippen LogP contribution in [0.25, 0.3) is 0 Å². The van der Waals surface area contributed by atoms with E-state index in [0.717, 1.165) is 30.5 Å². The summed E-state index contributed by atoms with van der Waals surface area (Å²) >= 11 is 3.42. The lowest BCUT2D eigenvalue weighted by atomic mass is 10.0. The van der Waals surface area contributed by atoms with Gasteiger partial charge in [0.15, 0.2) is 0 Å². The van der Waals surface area contributed by atoms with Gasteiger partial charge in [-0.2, -0.15) is 0 Å². The summed E-state index contributed by atoms with van der Waals surface area (Å²) in [4.78, 5) is 0. The van der Waals surface area contributed by atoms with E-state index in [9.17, 15) is 0 Å². The van der Waals surface area contributed by atoms with Crippen molar-refractivity contribution < 1.29 is 4.74 Å². The molecule has 16 heavy (non-hydrogen) atoms. The monoisotopic (exact) mass is 286 g/mol. The minimum Gasteiger partial charge on any atom is -0.382 e. The van der Waals surface area contributed by atoms with Crippen LogP contribution in [0, 0.1) is 0 Å². The topological polar surface area (TPSA) is 47.3 Å². The fourth-order valence-corrected chi connectivity index (χ4v) is 1.78. The Balaban J connectivity index is 2.40. The van der Waals surface area contributed by atoms with E-state index in [1.165, 1.54) is 5.56 Å². The highest BCUT2D eigenvalue weighted by atomic mass is 79.9. The minimum absolute atomic E-state index is 0.271. The molecular formula is C12H19BrN2O. The fraction of sp³-hybridized carbons (Fsp3) is 0.500. The number of ether oxygens (including phenoxy) is 1. The lowest BCUT2D eigenvalue weighted by molar-refractivity contribution is 0.136. The van der Waals surface area contributed by atoms with Crippen LogP contribution in [0.2, 0.25) is 0 Å². The first-order valence-electron chi connectivity index (χ1n) is 5.54. The van der Waals surface area contributed by atoms with Crippen LogP contribution in [0.15, 0.2) is 28.7 Å². The molecule has 3 N–H and O–H groups in total. The molecule has 4 heteroatoms. The average molecular weight is 287 g/mol. The van der Waals surface area contributed by atoms with Crippen molar-refractivity contribution in [2.75, 3.05) is 13.2 Å². The number of hydrogen-bond acceptors (Lipinski definition) is 3. The predicted molar refractivity (Wildman–Crippen MR) is 70.1 cm³/mol. The average Bonchev–Trinajstić information content (AvgIpc) is 2.31. The first-order valence-corrected chi connectivity index (χ1v) is 6.34. The zero-order chi connectivity index (χ0) is 11.8. The smallest absolute Gasteiger partial charge is 0.0481 e. The number of hydrazine groups is 1. The summed E-state index contributed by atoms with van der Waals surface area (Å²) in [5.41, 5.74) is 4.11. The van der Waals surface area contributed by atoms with Crippen LogP contribution < -0.4 is 11.3 Å². The third kappa shape index (κ3) is 5.07. The van der Waals surface area contributed by atoms with Crippen molar-refractivity contribution in [3.05, 3.63) is 34.3 Å². The Hall–Kier alpha value is -0.420. The first kappa shape index (κ1) is 13.6. The molecular weight excluding hydrogens is 268 g/mol. The van der Waals surface area contributed by atoms with Crippen molar-refractivity contribution in [2.24, 2.45) is 5.84 Å². The van der Waals surface area contributed by atoms with Gasteiger partial charge in [-0.1, -0.05) is 28.1 Å². The van der Waals surface area contributed by atoms with Crippen LogP contribution in [0.1, 0.15) is 18.9 Å². The molecule has 90 valence electrons. The maximum absolute atomic E-state index is 5.52. The fourth-order valence-electron chi connectivity index (χ4n) is 1.52. The van der Waals surface area contributed by atoms with Crippen molar-refractivity contribution in [1.82, 2.24) is 5.43 Å². The lowest BCUT2D eigenvalue weighted by Gasteiger charge is -2.15. The molecule has 0 aromatic heterocycles. The molecule has 0 aliphatic carbocycles. The van der Waals surface area contributed by atoms with Crippen molar-refractivity contribution >= 4 is 15.9 Å². The van der Waals surface area contributed by atoms with E-state index < -0.39 is 0 Å². The Morgan fingerprint density at radius 3 is 2.62 bits per heavy atom. The van der Waals surface area contributed by atoms with Crippen molar-refractivity contribution in [2.45, 2.75) is 25.8 Å². The molecule has 3 nitrogen and oxygen atoms in total. The summed E-state index contributed by atoms with van der Waals surface area (Å²) in [6.07, 6.45) is 1.86. The number of benzene rings is 1. The molecule has 1 rings (SSSR count). The maximum Gasteiger partial charge on any atom is 0.0481 e. The van der Waals surface area contributed by atoms with E-state index in [2.05, 4.69) is 33.5 Å². The summed E-state index contributed by atoms with van der Waals surface area (Å²) in [5.74, 6) is 5.52. The van der Waals surface area contributed by atoms with Crippen LogP contribution in [0.3, 0.4) is 0 Å². The van der Waals surface area contributed by atoms with Crippen LogP contribution in [0.5, 0.6) is 0 Å². The second-order valence-corrected chi connectivity index (χ2v) is 4.60. The normalized spacial score (nSPS) is 12.7. The maximum atomic E-state index is 5.52. The highest BCUT2D eigenvalue weighted by Crippen LogP contribution is 2.12.